The molecule has 0 fully saturated rings. The molecule has 4 nitrogen and oxygen atoms in total. The van der Waals surface area contributed by atoms with E-state index in [0.29, 0.717) is 0 Å². The highest BCUT2D eigenvalue weighted by atomic mass is 16.6. The summed E-state index contributed by atoms with van der Waals surface area (Å²) >= 11 is 0. The van der Waals surface area contributed by atoms with Crippen molar-refractivity contribution in [2.24, 2.45) is 5.16 Å². The molecule has 0 amide bonds. The van der Waals surface area contributed by atoms with E-state index in [1.807, 2.05) is 24.3 Å². The zero-order valence-electron chi connectivity index (χ0n) is 7.71. The lowest BCUT2D eigenvalue weighted by Gasteiger charge is -1.98. The zero-order chi connectivity index (χ0) is 9.80. The third-order valence-electron chi connectivity index (χ3n) is 1.87. The van der Waals surface area contributed by atoms with Crippen molar-refractivity contribution in [2.45, 2.75) is 0 Å². The molecule has 0 aliphatic carbocycles. The highest BCUT2D eigenvalue weighted by Crippen LogP contribution is 2.12. The van der Waals surface area contributed by atoms with Gasteiger partial charge in [0.15, 0.2) is 0 Å². The van der Waals surface area contributed by atoms with Crippen LogP contribution in [0.1, 0.15) is 5.56 Å². The van der Waals surface area contributed by atoms with Crippen molar-refractivity contribution in [3.05, 3.63) is 36.0 Å². The molecule has 0 radical (unpaired) electrons. The Morgan fingerprint density at radius 1 is 1.36 bits per heavy atom. The van der Waals surface area contributed by atoms with Crippen LogP contribution in [0.2, 0.25) is 0 Å². The first-order chi connectivity index (χ1) is 6.92. The summed E-state index contributed by atoms with van der Waals surface area (Å²) < 4.78 is 0. The van der Waals surface area contributed by atoms with Gasteiger partial charge in [-0.1, -0.05) is 23.4 Å². The second-order valence-electron chi connectivity index (χ2n) is 2.73. The van der Waals surface area contributed by atoms with Gasteiger partial charge >= 0.3 is 0 Å². The van der Waals surface area contributed by atoms with Gasteiger partial charge in [-0.25, -0.2) is 0 Å². The maximum Gasteiger partial charge on any atom is 0.106 e. The Morgan fingerprint density at radius 2 is 2.21 bits per heavy atom. The number of nitrogens with zero attached hydrogens (tertiary/aromatic N) is 3. The number of hydrogen-bond acceptors (Lipinski definition) is 4. The van der Waals surface area contributed by atoms with Gasteiger partial charge in [0.25, 0.3) is 0 Å². The predicted molar refractivity (Wildman–Crippen MR) is 54.1 cm³/mol. The summed E-state index contributed by atoms with van der Waals surface area (Å²) in [6.45, 7) is 0. The fourth-order valence-corrected chi connectivity index (χ4v) is 1.24. The van der Waals surface area contributed by atoms with Crippen molar-refractivity contribution < 1.29 is 4.84 Å². The molecule has 0 N–H and O–H groups in total. The van der Waals surface area contributed by atoms with E-state index in [-0.39, 0.29) is 0 Å². The van der Waals surface area contributed by atoms with Crippen LogP contribution in [0.5, 0.6) is 0 Å². The Kier molecular flexibility index (Phi) is 2.36. The van der Waals surface area contributed by atoms with Crippen LogP contribution in [-0.4, -0.2) is 23.5 Å². The summed E-state index contributed by atoms with van der Waals surface area (Å²) in [6.07, 6.45) is 3.28. The molecular formula is C10H9N3O. The molecular weight excluding hydrogens is 178 g/mol. The summed E-state index contributed by atoms with van der Waals surface area (Å²) in [5.74, 6) is 0. The highest BCUT2D eigenvalue weighted by Gasteiger charge is 1.98. The average Bonchev–Trinajstić information content (AvgIpc) is 2.26. The zero-order valence-corrected chi connectivity index (χ0v) is 7.71. The molecule has 1 aromatic heterocycles. The monoisotopic (exact) mass is 187 g/mol. The third-order valence-corrected chi connectivity index (χ3v) is 1.87. The van der Waals surface area contributed by atoms with Crippen LogP contribution in [0.15, 0.2) is 35.6 Å². The van der Waals surface area contributed by atoms with E-state index in [0.717, 1.165) is 16.5 Å². The lowest BCUT2D eigenvalue weighted by molar-refractivity contribution is 0.215. The molecule has 2 rings (SSSR count). The molecule has 0 atom stereocenters. The van der Waals surface area contributed by atoms with Crippen LogP contribution in [-0.2, 0) is 4.84 Å². The molecule has 1 aromatic carbocycles. The Bertz CT molecular complexity index is 462. The van der Waals surface area contributed by atoms with Crippen LogP contribution in [0.3, 0.4) is 0 Å². The van der Waals surface area contributed by atoms with E-state index in [1.54, 1.807) is 12.4 Å². The van der Waals surface area contributed by atoms with Gasteiger partial charge in [-0.05, 0) is 6.07 Å². The van der Waals surface area contributed by atoms with Crippen molar-refractivity contribution in [2.75, 3.05) is 7.11 Å². The van der Waals surface area contributed by atoms with Gasteiger partial charge < -0.3 is 4.84 Å². The third kappa shape index (κ3) is 1.54. The lowest BCUT2D eigenvalue weighted by atomic mass is 10.1. The maximum absolute atomic E-state index is 4.62. The summed E-state index contributed by atoms with van der Waals surface area (Å²) in [4.78, 5) is 4.62. The minimum atomic E-state index is 0.854. The first-order valence-corrected chi connectivity index (χ1v) is 4.19. The number of rotatable bonds is 2. The number of aromatic nitrogens is 2. The van der Waals surface area contributed by atoms with E-state index >= 15 is 0 Å². The van der Waals surface area contributed by atoms with Gasteiger partial charge in [-0.15, -0.1) is 0 Å². The van der Waals surface area contributed by atoms with Gasteiger partial charge in [-0.2, -0.15) is 10.2 Å². The summed E-state index contributed by atoms with van der Waals surface area (Å²) in [7, 11) is 1.51. The Morgan fingerprint density at radius 3 is 3.07 bits per heavy atom. The molecule has 14 heavy (non-hydrogen) atoms. The van der Waals surface area contributed by atoms with Crippen LogP contribution in [0, 0.1) is 0 Å². The predicted octanol–water partition coefficient (Wildman–Crippen LogP) is 1.61. The van der Waals surface area contributed by atoms with Gasteiger partial charge in [0.2, 0.25) is 0 Å². The van der Waals surface area contributed by atoms with E-state index in [9.17, 15) is 0 Å². The van der Waals surface area contributed by atoms with Crippen molar-refractivity contribution in [1.82, 2.24) is 10.2 Å². The first-order valence-electron chi connectivity index (χ1n) is 4.19. The molecule has 0 saturated carbocycles. The number of oxime groups is 1. The molecule has 0 aliphatic rings. The highest BCUT2D eigenvalue weighted by molar-refractivity contribution is 5.97. The molecule has 0 unspecified atom stereocenters. The van der Waals surface area contributed by atoms with E-state index in [4.69, 9.17) is 0 Å². The molecule has 1 heterocycles. The Labute approximate surface area is 81.2 Å². The van der Waals surface area contributed by atoms with E-state index in [1.165, 1.54) is 7.11 Å². The van der Waals surface area contributed by atoms with E-state index in [2.05, 4.69) is 20.2 Å². The Hall–Kier alpha value is -1.97. The lowest BCUT2D eigenvalue weighted by Crippen LogP contribution is -1.90. The standard InChI is InChI=1S/C10H9N3O/c1-14-12-7-8-6-11-13-10-5-3-2-4-9(8)10/h2-7H,1H3. The van der Waals surface area contributed by atoms with Crippen LogP contribution >= 0.6 is 0 Å². The molecule has 0 spiro atoms. The minimum absolute atomic E-state index is 0.854. The Balaban J connectivity index is 2.59. The topological polar surface area (TPSA) is 47.4 Å². The molecule has 0 bridgehead atoms. The van der Waals surface area contributed by atoms with Crippen LogP contribution in [0.25, 0.3) is 10.9 Å². The molecule has 2 aromatic rings. The van der Waals surface area contributed by atoms with Crippen LogP contribution in [0.4, 0.5) is 0 Å². The SMILES string of the molecule is CON=Cc1cnnc2ccccc12. The minimum Gasteiger partial charge on any atom is -0.399 e. The quantitative estimate of drug-likeness (QED) is 0.530. The van der Waals surface area contributed by atoms with Gasteiger partial charge in [0, 0.05) is 10.9 Å². The van der Waals surface area contributed by atoms with Crippen molar-refractivity contribution >= 4 is 17.1 Å². The van der Waals surface area contributed by atoms with Crippen molar-refractivity contribution in [3.8, 4) is 0 Å². The van der Waals surface area contributed by atoms with Gasteiger partial charge in [0.05, 0.1) is 17.9 Å². The fraction of sp³-hybridized carbons (Fsp3) is 0.100. The summed E-state index contributed by atoms with van der Waals surface area (Å²) in [5, 5.41) is 12.6. The number of fused-ring (bicyclic) bond motifs is 1. The number of benzene rings is 1. The van der Waals surface area contributed by atoms with Crippen molar-refractivity contribution in [1.29, 1.82) is 0 Å². The molecule has 0 saturated heterocycles. The van der Waals surface area contributed by atoms with Gasteiger partial charge in [-0.3, -0.25) is 0 Å². The fourth-order valence-electron chi connectivity index (χ4n) is 1.24. The second kappa shape index (κ2) is 3.83. The maximum atomic E-state index is 4.62. The van der Waals surface area contributed by atoms with Crippen molar-refractivity contribution in [3.63, 3.8) is 0 Å². The first kappa shape index (κ1) is 8.62. The largest absolute Gasteiger partial charge is 0.399 e. The average molecular weight is 187 g/mol. The van der Waals surface area contributed by atoms with E-state index < -0.39 is 0 Å². The molecule has 0 aliphatic heterocycles. The normalized spacial score (nSPS) is 10.9. The number of hydrogen-bond donors (Lipinski definition) is 0. The van der Waals surface area contributed by atoms with Gasteiger partial charge in [0.1, 0.15) is 7.11 Å². The van der Waals surface area contributed by atoms with Crippen LogP contribution < -0.4 is 0 Å². The smallest absolute Gasteiger partial charge is 0.106 e. The summed E-state index contributed by atoms with van der Waals surface area (Å²) in [6, 6.07) is 7.76. The summed E-state index contributed by atoms with van der Waals surface area (Å²) in [5.41, 5.74) is 1.75. The molecule has 70 valence electrons. The second-order valence-corrected chi connectivity index (χ2v) is 2.73. The molecule has 4 heteroatoms.